The largest absolute Gasteiger partial charge is 0.380 e. The number of hydrogen-bond acceptors (Lipinski definition) is 5. The van der Waals surface area contributed by atoms with Crippen LogP contribution in [0.5, 0.6) is 0 Å². The third-order valence-corrected chi connectivity index (χ3v) is 2.67. The Balaban J connectivity index is 3.00. The van der Waals surface area contributed by atoms with E-state index in [1.54, 1.807) is 18.7 Å². The second-order valence-electron chi connectivity index (χ2n) is 4.19. The van der Waals surface area contributed by atoms with Crippen LogP contribution in [0.3, 0.4) is 0 Å². The highest BCUT2D eigenvalue weighted by Crippen LogP contribution is 2.28. The van der Waals surface area contributed by atoms with E-state index >= 15 is 0 Å². The molecule has 1 atom stereocenters. The monoisotopic (exact) mass is 256 g/mol. The van der Waals surface area contributed by atoms with E-state index in [1.807, 2.05) is 13.8 Å². The molecule has 0 radical (unpaired) electrons. The van der Waals surface area contributed by atoms with Gasteiger partial charge in [-0.1, -0.05) is 6.92 Å². The number of nitrogens with zero attached hydrogens (tertiary/aromatic N) is 3. The third kappa shape index (κ3) is 3.19. The number of nitrogens with one attached hydrogen (secondary N) is 1. The number of anilines is 1. The van der Waals surface area contributed by atoms with Crippen molar-refractivity contribution in [2.75, 3.05) is 19.0 Å². The van der Waals surface area contributed by atoms with Crippen LogP contribution < -0.4 is 5.32 Å². The van der Waals surface area contributed by atoms with E-state index in [9.17, 15) is 10.1 Å². The fourth-order valence-electron chi connectivity index (χ4n) is 1.66. The van der Waals surface area contributed by atoms with E-state index in [1.165, 1.54) is 0 Å². The minimum absolute atomic E-state index is 0.0186. The molecule has 7 nitrogen and oxygen atoms in total. The first-order chi connectivity index (χ1) is 8.51. The predicted octanol–water partition coefficient (Wildman–Crippen LogP) is 1.96. The highest BCUT2D eigenvalue weighted by Gasteiger charge is 2.25. The molecule has 0 amide bonds. The fourth-order valence-corrected chi connectivity index (χ4v) is 1.66. The molecular weight excluding hydrogens is 236 g/mol. The molecule has 1 heterocycles. The lowest BCUT2D eigenvalue weighted by molar-refractivity contribution is -0.384. The zero-order valence-corrected chi connectivity index (χ0v) is 11.3. The van der Waals surface area contributed by atoms with Gasteiger partial charge in [0.05, 0.1) is 11.0 Å². The van der Waals surface area contributed by atoms with Gasteiger partial charge < -0.3 is 10.1 Å². The van der Waals surface area contributed by atoms with E-state index in [0.717, 1.165) is 6.42 Å². The van der Waals surface area contributed by atoms with Crippen molar-refractivity contribution in [3.05, 3.63) is 15.8 Å². The average molecular weight is 256 g/mol. The maximum Gasteiger partial charge on any atom is 0.333 e. The summed E-state index contributed by atoms with van der Waals surface area (Å²) in [4.78, 5) is 10.7. The van der Waals surface area contributed by atoms with E-state index in [-0.39, 0.29) is 11.8 Å². The summed E-state index contributed by atoms with van der Waals surface area (Å²) >= 11 is 0. The first-order valence-corrected chi connectivity index (χ1v) is 5.99. The maximum atomic E-state index is 11.1. The van der Waals surface area contributed by atoms with Crippen LogP contribution >= 0.6 is 0 Å². The molecule has 0 aromatic carbocycles. The fraction of sp³-hybridized carbons (Fsp3) is 0.727. The van der Waals surface area contributed by atoms with Gasteiger partial charge in [0.2, 0.25) is 5.82 Å². The Morgan fingerprint density at radius 1 is 1.61 bits per heavy atom. The van der Waals surface area contributed by atoms with E-state index in [2.05, 4.69) is 10.4 Å². The number of aromatic nitrogens is 2. The van der Waals surface area contributed by atoms with Gasteiger partial charge in [-0.3, -0.25) is 10.1 Å². The second-order valence-corrected chi connectivity index (χ2v) is 4.19. The van der Waals surface area contributed by atoms with Gasteiger partial charge in [-0.25, -0.2) is 4.68 Å². The van der Waals surface area contributed by atoms with Gasteiger partial charge in [-0.05, 0) is 20.3 Å². The van der Waals surface area contributed by atoms with Gasteiger partial charge in [0.1, 0.15) is 5.69 Å². The molecule has 7 heteroatoms. The van der Waals surface area contributed by atoms with Gasteiger partial charge in [0, 0.05) is 20.2 Å². The van der Waals surface area contributed by atoms with Gasteiger partial charge in [-0.2, -0.15) is 5.10 Å². The molecule has 0 aliphatic rings. The molecular formula is C11H20N4O3. The quantitative estimate of drug-likeness (QED) is 0.595. The van der Waals surface area contributed by atoms with Crippen molar-refractivity contribution in [2.45, 2.75) is 39.8 Å². The highest BCUT2D eigenvalue weighted by molar-refractivity contribution is 5.59. The summed E-state index contributed by atoms with van der Waals surface area (Å²) in [6.45, 7) is 6.70. The number of hydrogen-bond donors (Lipinski definition) is 1. The summed E-state index contributed by atoms with van der Waals surface area (Å²) in [5.41, 5.74) is 0.479. The van der Waals surface area contributed by atoms with Crippen LogP contribution in [0.4, 0.5) is 11.5 Å². The van der Waals surface area contributed by atoms with Crippen molar-refractivity contribution in [1.82, 2.24) is 9.78 Å². The van der Waals surface area contributed by atoms with Gasteiger partial charge in [0.15, 0.2) is 0 Å². The molecule has 0 aliphatic heterocycles. The minimum Gasteiger partial charge on any atom is -0.380 e. The summed E-state index contributed by atoms with van der Waals surface area (Å²) in [6, 6.07) is 0. The number of aryl methyl sites for hydroxylation is 2. The number of ether oxygens (including phenoxy) is 1. The molecule has 1 rings (SSSR count). The van der Waals surface area contributed by atoms with E-state index in [4.69, 9.17) is 4.74 Å². The molecule has 1 aromatic heterocycles. The summed E-state index contributed by atoms with van der Waals surface area (Å²) in [5, 5.41) is 18.3. The molecule has 1 unspecified atom stereocenters. The molecule has 0 saturated carbocycles. The summed E-state index contributed by atoms with van der Waals surface area (Å²) in [7, 11) is 1.61. The molecule has 0 spiro atoms. The summed E-state index contributed by atoms with van der Waals surface area (Å²) < 4.78 is 6.77. The standard InChI is InChI=1S/C11H20N4O3/c1-5-6-14-11(12-7-8(2)18-4)10(15(16)17)9(3)13-14/h8,12H,5-7H2,1-4H3. The predicted molar refractivity (Wildman–Crippen MR) is 68.9 cm³/mol. The van der Waals surface area contributed by atoms with E-state index < -0.39 is 4.92 Å². The van der Waals surface area contributed by atoms with Crippen LogP contribution in [0.15, 0.2) is 0 Å². The number of nitro groups is 1. The smallest absolute Gasteiger partial charge is 0.333 e. The van der Waals surface area contributed by atoms with E-state index in [0.29, 0.717) is 24.6 Å². The number of rotatable bonds is 7. The van der Waals surface area contributed by atoms with Crippen LogP contribution in [-0.2, 0) is 11.3 Å². The summed E-state index contributed by atoms with van der Waals surface area (Å²) in [5.74, 6) is 0.461. The minimum atomic E-state index is -0.395. The molecule has 1 aromatic rings. The van der Waals surface area contributed by atoms with Crippen molar-refractivity contribution in [2.24, 2.45) is 0 Å². The van der Waals surface area contributed by atoms with Crippen LogP contribution in [0.25, 0.3) is 0 Å². The lowest BCUT2D eigenvalue weighted by atomic mass is 10.3. The van der Waals surface area contributed by atoms with Crippen molar-refractivity contribution >= 4 is 11.5 Å². The van der Waals surface area contributed by atoms with Crippen molar-refractivity contribution in [1.29, 1.82) is 0 Å². The Morgan fingerprint density at radius 3 is 2.78 bits per heavy atom. The molecule has 1 N–H and O–H groups in total. The normalized spacial score (nSPS) is 12.4. The Labute approximate surface area is 106 Å². The first-order valence-electron chi connectivity index (χ1n) is 5.99. The topological polar surface area (TPSA) is 82.2 Å². The van der Waals surface area contributed by atoms with Crippen LogP contribution in [0, 0.1) is 17.0 Å². The molecule has 0 saturated heterocycles. The molecule has 0 fully saturated rings. The Bertz CT molecular complexity index is 417. The maximum absolute atomic E-state index is 11.1. The Hall–Kier alpha value is -1.63. The van der Waals surface area contributed by atoms with Gasteiger partial charge in [0.25, 0.3) is 0 Å². The molecule has 0 aliphatic carbocycles. The van der Waals surface area contributed by atoms with Crippen LogP contribution in [0.2, 0.25) is 0 Å². The van der Waals surface area contributed by atoms with Crippen molar-refractivity contribution < 1.29 is 9.66 Å². The lowest BCUT2D eigenvalue weighted by Crippen LogP contribution is -2.20. The SMILES string of the molecule is CCCn1nc(C)c([N+](=O)[O-])c1NCC(C)OC. The second kappa shape index (κ2) is 6.34. The van der Waals surface area contributed by atoms with Crippen LogP contribution in [0.1, 0.15) is 26.0 Å². The Morgan fingerprint density at radius 2 is 2.28 bits per heavy atom. The van der Waals surface area contributed by atoms with Crippen molar-refractivity contribution in [3.8, 4) is 0 Å². The number of methoxy groups -OCH3 is 1. The zero-order valence-electron chi connectivity index (χ0n) is 11.3. The van der Waals surface area contributed by atoms with Crippen molar-refractivity contribution in [3.63, 3.8) is 0 Å². The summed E-state index contributed by atoms with van der Waals surface area (Å²) in [6.07, 6.45) is 0.849. The third-order valence-electron chi connectivity index (χ3n) is 2.67. The van der Waals surface area contributed by atoms with Gasteiger partial charge >= 0.3 is 5.69 Å². The molecule has 18 heavy (non-hydrogen) atoms. The van der Waals surface area contributed by atoms with Crippen LogP contribution in [-0.4, -0.2) is 34.5 Å². The molecule has 102 valence electrons. The zero-order chi connectivity index (χ0) is 13.7. The molecule has 0 bridgehead atoms. The lowest BCUT2D eigenvalue weighted by Gasteiger charge is -2.12. The van der Waals surface area contributed by atoms with Gasteiger partial charge in [-0.15, -0.1) is 0 Å². The highest BCUT2D eigenvalue weighted by atomic mass is 16.6. The first kappa shape index (κ1) is 14.4. The Kier molecular flexibility index (Phi) is 5.08. The average Bonchev–Trinajstić information content (AvgIpc) is 2.62.